The summed E-state index contributed by atoms with van der Waals surface area (Å²) in [6.45, 7) is 3.55. The van der Waals surface area contributed by atoms with Crippen LogP contribution >= 0.6 is 23.4 Å². The first-order chi connectivity index (χ1) is 16.1. The Morgan fingerprint density at radius 2 is 1.76 bits per heavy atom. The second-order valence-corrected chi connectivity index (χ2v) is 9.79. The molecule has 5 rings (SSSR count). The minimum absolute atomic E-state index is 0.0269. The Morgan fingerprint density at radius 1 is 0.939 bits per heavy atom. The number of nitrogens with one attached hydrogen (secondary N) is 1. The fourth-order valence-electron chi connectivity index (χ4n) is 4.41. The molecular formula is C25H26ClN5OS. The minimum atomic E-state index is -0.0269. The highest BCUT2D eigenvalue weighted by atomic mass is 35.5. The molecule has 1 saturated heterocycles. The molecule has 1 amide bonds. The van der Waals surface area contributed by atoms with Crippen LogP contribution in [0.1, 0.15) is 17.5 Å². The van der Waals surface area contributed by atoms with E-state index >= 15 is 0 Å². The van der Waals surface area contributed by atoms with Gasteiger partial charge in [0.2, 0.25) is 5.91 Å². The van der Waals surface area contributed by atoms with Crippen LogP contribution in [0.2, 0.25) is 5.02 Å². The van der Waals surface area contributed by atoms with Crippen molar-refractivity contribution in [2.45, 2.75) is 24.3 Å². The summed E-state index contributed by atoms with van der Waals surface area (Å²) in [5, 5.41) is 13.2. The number of rotatable bonds is 6. The van der Waals surface area contributed by atoms with Gasteiger partial charge in [0.05, 0.1) is 5.75 Å². The average Bonchev–Trinajstić information content (AvgIpc) is 3.31. The van der Waals surface area contributed by atoms with Crippen molar-refractivity contribution in [1.82, 2.24) is 10.2 Å². The summed E-state index contributed by atoms with van der Waals surface area (Å²) in [7, 11) is 0. The van der Waals surface area contributed by atoms with Gasteiger partial charge in [-0.1, -0.05) is 35.5 Å². The van der Waals surface area contributed by atoms with Gasteiger partial charge in [0.15, 0.2) is 5.82 Å². The number of hydrogen-bond acceptors (Lipinski definition) is 6. The highest BCUT2D eigenvalue weighted by Crippen LogP contribution is 2.26. The molecule has 0 radical (unpaired) electrons. The standard InChI is InChI=1S/C25H26ClN5OS/c26-20-5-2-6-22(16-20)30-11-13-31(14-12-30)23-9-10-25(29-28-23)33-17-24(32)27-21-8-7-18-3-1-4-19(18)15-21/h2,5-10,15-16H,1,3-4,11-14,17H2,(H,27,32). The number of amides is 1. The molecule has 1 aliphatic heterocycles. The van der Waals surface area contributed by atoms with Crippen molar-refractivity contribution in [3.05, 3.63) is 70.7 Å². The lowest BCUT2D eigenvalue weighted by Gasteiger charge is -2.36. The third-order valence-electron chi connectivity index (χ3n) is 6.14. The van der Waals surface area contributed by atoms with Crippen molar-refractivity contribution in [2.24, 2.45) is 0 Å². The van der Waals surface area contributed by atoms with Gasteiger partial charge in [0, 0.05) is 42.6 Å². The number of hydrogen-bond donors (Lipinski definition) is 1. The van der Waals surface area contributed by atoms with Gasteiger partial charge in [-0.25, -0.2) is 0 Å². The Bertz CT molecular complexity index is 1130. The number of piperazine rings is 1. The van der Waals surface area contributed by atoms with Gasteiger partial charge in [-0.05, 0) is 72.9 Å². The van der Waals surface area contributed by atoms with E-state index < -0.39 is 0 Å². The first-order valence-electron chi connectivity index (χ1n) is 11.3. The lowest BCUT2D eigenvalue weighted by molar-refractivity contribution is -0.113. The number of anilines is 3. The van der Waals surface area contributed by atoms with Gasteiger partial charge in [-0.15, -0.1) is 10.2 Å². The zero-order valence-electron chi connectivity index (χ0n) is 18.3. The summed E-state index contributed by atoms with van der Waals surface area (Å²) >= 11 is 7.53. The van der Waals surface area contributed by atoms with Crippen LogP contribution in [0.3, 0.4) is 0 Å². The molecule has 1 aliphatic carbocycles. The topological polar surface area (TPSA) is 61.4 Å². The molecule has 1 fully saturated rings. The molecule has 3 aromatic rings. The van der Waals surface area contributed by atoms with Gasteiger partial charge < -0.3 is 15.1 Å². The average molecular weight is 480 g/mol. The summed E-state index contributed by atoms with van der Waals surface area (Å²) in [4.78, 5) is 16.9. The highest BCUT2D eigenvalue weighted by molar-refractivity contribution is 7.99. The molecule has 2 heterocycles. The quantitative estimate of drug-likeness (QED) is 0.518. The monoisotopic (exact) mass is 479 g/mol. The lowest BCUT2D eigenvalue weighted by Crippen LogP contribution is -2.46. The zero-order valence-corrected chi connectivity index (χ0v) is 19.9. The van der Waals surface area contributed by atoms with Crippen LogP contribution < -0.4 is 15.1 Å². The summed E-state index contributed by atoms with van der Waals surface area (Å²) in [5.41, 5.74) is 4.79. The third-order valence-corrected chi connectivity index (χ3v) is 7.29. The Labute approximate surface area is 203 Å². The van der Waals surface area contributed by atoms with Crippen molar-refractivity contribution in [1.29, 1.82) is 0 Å². The van der Waals surface area contributed by atoms with Gasteiger partial charge in [-0.3, -0.25) is 4.79 Å². The molecule has 0 saturated carbocycles. The van der Waals surface area contributed by atoms with Gasteiger partial charge in [-0.2, -0.15) is 0 Å². The Hall–Kier alpha value is -2.77. The van der Waals surface area contributed by atoms with E-state index in [1.54, 1.807) is 0 Å². The van der Waals surface area contributed by atoms with Crippen molar-refractivity contribution in [2.75, 3.05) is 47.0 Å². The Morgan fingerprint density at radius 3 is 2.55 bits per heavy atom. The number of benzene rings is 2. The van der Waals surface area contributed by atoms with Crippen LogP contribution in [0.25, 0.3) is 0 Å². The SMILES string of the molecule is O=C(CSc1ccc(N2CCN(c3cccc(Cl)c3)CC2)nn1)Nc1ccc2c(c1)CCC2. The molecule has 0 atom stereocenters. The highest BCUT2D eigenvalue weighted by Gasteiger charge is 2.19. The maximum atomic E-state index is 12.4. The number of carbonyl (C=O) groups is 1. The maximum absolute atomic E-state index is 12.4. The number of carbonyl (C=O) groups excluding carboxylic acids is 1. The van der Waals surface area contributed by atoms with Crippen LogP contribution in [0.15, 0.2) is 59.6 Å². The number of thioether (sulfide) groups is 1. The van der Waals surface area contributed by atoms with E-state index in [1.807, 2.05) is 36.4 Å². The fourth-order valence-corrected chi connectivity index (χ4v) is 5.21. The van der Waals surface area contributed by atoms with E-state index in [0.717, 1.165) is 66.3 Å². The number of halogens is 1. The molecule has 0 bridgehead atoms. The van der Waals surface area contributed by atoms with Crippen LogP contribution in [-0.4, -0.2) is 48.0 Å². The first-order valence-corrected chi connectivity index (χ1v) is 12.6. The molecule has 0 unspecified atom stereocenters. The zero-order chi connectivity index (χ0) is 22.6. The summed E-state index contributed by atoms with van der Waals surface area (Å²) < 4.78 is 0. The maximum Gasteiger partial charge on any atom is 0.234 e. The molecule has 6 nitrogen and oxygen atoms in total. The second-order valence-electron chi connectivity index (χ2n) is 8.36. The van der Waals surface area contributed by atoms with E-state index in [9.17, 15) is 4.79 Å². The number of aromatic nitrogens is 2. The van der Waals surface area contributed by atoms with Gasteiger partial charge in [0.1, 0.15) is 5.03 Å². The van der Waals surface area contributed by atoms with Crippen molar-refractivity contribution in [3.8, 4) is 0 Å². The second kappa shape index (κ2) is 10.0. The molecule has 170 valence electrons. The predicted molar refractivity (Wildman–Crippen MR) is 136 cm³/mol. The summed E-state index contributed by atoms with van der Waals surface area (Å²) in [6, 6.07) is 18.1. The fraction of sp³-hybridized carbons (Fsp3) is 0.320. The van der Waals surface area contributed by atoms with E-state index in [-0.39, 0.29) is 5.91 Å². The van der Waals surface area contributed by atoms with Gasteiger partial charge >= 0.3 is 0 Å². The van der Waals surface area contributed by atoms with E-state index in [0.29, 0.717) is 5.75 Å². The van der Waals surface area contributed by atoms with Crippen LogP contribution in [-0.2, 0) is 17.6 Å². The molecule has 2 aliphatic rings. The minimum Gasteiger partial charge on any atom is -0.368 e. The Balaban J connectivity index is 1.10. The van der Waals surface area contributed by atoms with Crippen molar-refractivity contribution >= 4 is 46.5 Å². The first kappa shape index (κ1) is 22.0. The molecule has 2 aromatic carbocycles. The molecule has 1 aromatic heterocycles. The summed E-state index contributed by atoms with van der Waals surface area (Å²) in [5.74, 6) is 1.15. The van der Waals surface area contributed by atoms with Crippen LogP contribution in [0.4, 0.5) is 17.2 Å². The van der Waals surface area contributed by atoms with Crippen molar-refractivity contribution in [3.63, 3.8) is 0 Å². The van der Waals surface area contributed by atoms with E-state index in [2.05, 4.69) is 43.5 Å². The molecule has 0 spiro atoms. The van der Waals surface area contributed by atoms with E-state index in [4.69, 9.17) is 11.6 Å². The third kappa shape index (κ3) is 5.42. The predicted octanol–water partition coefficient (Wildman–Crippen LogP) is 4.68. The molecule has 1 N–H and O–H groups in total. The van der Waals surface area contributed by atoms with Crippen LogP contribution in [0.5, 0.6) is 0 Å². The lowest BCUT2D eigenvalue weighted by atomic mass is 10.1. The van der Waals surface area contributed by atoms with Crippen molar-refractivity contribution < 1.29 is 4.79 Å². The smallest absolute Gasteiger partial charge is 0.234 e. The Kier molecular flexibility index (Phi) is 6.69. The number of fused-ring (bicyclic) bond motifs is 1. The molecule has 33 heavy (non-hydrogen) atoms. The number of aryl methyl sites for hydroxylation is 2. The van der Waals surface area contributed by atoms with Crippen LogP contribution in [0, 0.1) is 0 Å². The van der Waals surface area contributed by atoms with Gasteiger partial charge in [0.25, 0.3) is 0 Å². The van der Waals surface area contributed by atoms with E-state index in [1.165, 1.54) is 29.3 Å². The molecule has 8 heteroatoms. The largest absolute Gasteiger partial charge is 0.368 e. The number of nitrogens with zero attached hydrogens (tertiary/aromatic N) is 4. The summed E-state index contributed by atoms with van der Waals surface area (Å²) in [6.07, 6.45) is 3.45. The molecular weight excluding hydrogens is 454 g/mol. The normalized spacial score (nSPS) is 15.4.